The molecule has 2 aliphatic rings. The number of allylic oxidation sites excluding steroid dienone is 2. The average Bonchev–Trinajstić information content (AvgIpc) is 2.96. The number of carbonyl (C=O) groups is 3. The first-order valence-corrected chi connectivity index (χ1v) is 9.50. The molecule has 2 aromatic carbocycles. The van der Waals surface area contributed by atoms with Gasteiger partial charge < -0.3 is 5.32 Å². The molecule has 1 N–H and O–H groups in total. The Balaban J connectivity index is 1.52. The number of nitrogens with one attached hydrogen (secondary N) is 1. The van der Waals surface area contributed by atoms with E-state index in [1.165, 1.54) is 4.90 Å². The standard InChI is InChI=1S/C23H22N2O3/c1-15-10-11-19-20(12-15)23(28)25(22(19)27)18-9-5-8-17(13-18)21(26)24-14-16-6-3-2-4-7-16/h2-10,13,19-20H,11-12,14H2,1H3,(H,24,26)/t19-,20-/m0/s1. The van der Waals surface area contributed by atoms with Gasteiger partial charge in [0.1, 0.15) is 0 Å². The van der Waals surface area contributed by atoms with Crippen LogP contribution in [0.4, 0.5) is 5.69 Å². The van der Waals surface area contributed by atoms with E-state index in [1.807, 2.05) is 43.3 Å². The van der Waals surface area contributed by atoms with Gasteiger partial charge in [0, 0.05) is 12.1 Å². The SMILES string of the molecule is CC1=CC[C@@H]2C(=O)N(c3cccc(C(=O)NCc4ccccc4)c3)C(=O)[C@H]2C1. The Bertz CT molecular complexity index is 965. The molecule has 1 fully saturated rings. The number of benzene rings is 2. The number of fused-ring (bicyclic) bond motifs is 1. The van der Waals surface area contributed by atoms with Gasteiger partial charge in [-0.05, 0) is 43.5 Å². The first-order chi connectivity index (χ1) is 13.5. The zero-order chi connectivity index (χ0) is 19.7. The molecule has 0 radical (unpaired) electrons. The highest BCUT2D eigenvalue weighted by molar-refractivity contribution is 6.22. The lowest BCUT2D eigenvalue weighted by atomic mass is 9.82. The van der Waals surface area contributed by atoms with E-state index in [0.717, 1.165) is 11.1 Å². The first kappa shape index (κ1) is 18.2. The minimum Gasteiger partial charge on any atom is -0.348 e. The van der Waals surface area contributed by atoms with Crippen LogP contribution in [0.25, 0.3) is 0 Å². The number of hydrogen-bond donors (Lipinski definition) is 1. The number of rotatable bonds is 4. The number of amides is 3. The molecule has 1 heterocycles. The molecule has 2 aromatic rings. The number of carbonyl (C=O) groups excluding carboxylic acids is 3. The maximum absolute atomic E-state index is 12.9. The first-order valence-electron chi connectivity index (χ1n) is 9.50. The number of anilines is 1. The third-order valence-electron chi connectivity index (χ3n) is 5.49. The van der Waals surface area contributed by atoms with Crippen LogP contribution in [0.2, 0.25) is 0 Å². The van der Waals surface area contributed by atoms with E-state index >= 15 is 0 Å². The second kappa shape index (κ2) is 7.43. The third kappa shape index (κ3) is 3.36. The maximum atomic E-state index is 12.9. The predicted molar refractivity (Wildman–Crippen MR) is 107 cm³/mol. The summed E-state index contributed by atoms with van der Waals surface area (Å²) in [5.41, 5.74) is 3.05. The molecule has 1 saturated heterocycles. The molecular weight excluding hydrogens is 352 g/mol. The summed E-state index contributed by atoms with van der Waals surface area (Å²) in [7, 11) is 0. The smallest absolute Gasteiger partial charge is 0.251 e. The van der Waals surface area contributed by atoms with Crippen LogP contribution in [-0.2, 0) is 16.1 Å². The Morgan fingerprint density at radius 2 is 1.79 bits per heavy atom. The summed E-state index contributed by atoms with van der Waals surface area (Å²) in [6.07, 6.45) is 3.28. The molecule has 0 aromatic heterocycles. The van der Waals surface area contributed by atoms with Crippen LogP contribution >= 0.6 is 0 Å². The van der Waals surface area contributed by atoms with Crippen molar-refractivity contribution in [1.82, 2.24) is 5.32 Å². The summed E-state index contributed by atoms with van der Waals surface area (Å²) in [4.78, 5) is 39.5. The fourth-order valence-electron chi connectivity index (χ4n) is 3.96. The Kier molecular flexibility index (Phi) is 4.82. The quantitative estimate of drug-likeness (QED) is 0.658. The molecule has 142 valence electrons. The molecular formula is C23H22N2O3. The van der Waals surface area contributed by atoms with Crippen molar-refractivity contribution in [3.05, 3.63) is 77.4 Å². The summed E-state index contributed by atoms with van der Waals surface area (Å²) < 4.78 is 0. The minimum atomic E-state index is -0.285. The van der Waals surface area contributed by atoms with Gasteiger partial charge in [0.2, 0.25) is 11.8 Å². The van der Waals surface area contributed by atoms with Crippen molar-refractivity contribution in [2.24, 2.45) is 11.8 Å². The molecule has 0 spiro atoms. The summed E-state index contributed by atoms with van der Waals surface area (Å²) in [6.45, 7) is 2.41. The van der Waals surface area contributed by atoms with Gasteiger partial charge in [0.15, 0.2) is 0 Å². The van der Waals surface area contributed by atoms with Gasteiger partial charge >= 0.3 is 0 Å². The van der Waals surface area contributed by atoms with E-state index in [9.17, 15) is 14.4 Å². The fourth-order valence-corrected chi connectivity index (χ4v) is 3.96. The molecule has 4 rings (SSSR count). The summed E-state index contributed by atoms with van der Waals surface area (Å²) >= 11 is 0. The van der Waals surface area contributed by atoms with Gasteiger partial charge in [0.25, 0.3) is 5.91 Å². The van der Waals surface area contributed by atoms with E-state index in [2.05, 4.69) is 5.32 Å². The van der Waals surface area contributed by atoms with Crippen LogP contribution < -0.4 is 10.2 Å². The van der Waals surface area contributed by atoms with Gasteiger partial charge in [-0.1, -0.05) is 48.0 Å². The molecule has 0 bridgehead atoms. The minimum absolute atomic E-state index is 0.163. The summed E-state index contributed by atoms with van der Waals surface area (Å²) in [5.74, 6) is -1.13. The summed E-state index contributed by atoms with van der Waals surface area (Å²) in [6, 6.07) is 16.4. The lowest BCUT2D eigenvalue weighted by Gasteiger charge is -2.18. The molecule has 1 aliphatic heterocycles. The zero-order valence-electron chi connectivity index (χ0n) is 15.7. The number of imide groups is 1. The lowest BCUT2D eigenvalue weighted by Crippen LogP contribution is -2.31. The largest absolute Gasteiger partial charge is 0.348 e. The van der Waals surface area contributed by atoms with Gasteiger partial charge in [-0.25, -0.2) is 0 Å². The maximum Gasteiger partial charge on any atom is 0.251 e. The van der Waals surface area contributed by atoms with Crippen LogP contribution in [0, 0.1) is 11.8 Å². The van der Waals surface area contributed by atoms with Crippen molar-refractivity contribution in [3.63, 3.8) is 0 Å². The van der Waals surface area contributed by atoms with E-state index in [-0.39, 0.29) is 29.6 Å². The molecule has 28 heavy (non-hydrogen) atoms. The molecule has 5 nitrogen and oxygen atoms in total. The second-order valence-electron chi connectivity index (χ2n) is 7.43. The second-order valence-corrected chi connectivity index (χ2v) is 7.43. The Morgan fingerprint density at radius 1 is 1.04 bits per heavy atom. The van der Waals surface area contributed by atoms with Gasteiger partial charge in [-0.2, -0.15) is 0 Å². The highest BCUT2D eigenvalue weighted by atomic mass is 16.2. The van der Waals surface area contributed by atoms with Crippen molar-refractivity contribution in [2.45, 2.75) is 26.3 Å². The van der Waals surface area contributed by atoms with Crippen LogP contribution in [0.15, 0.2) is 66.2 Å². The molecule has 0 saturated carbocycles. The Labute approximate surface area is 164 Å². The predicted octanol–water partition coefficient (Wildman–Crippen LogP) is 3.46. The van der Waals surface area contributed by atoms with Crippen LogP contribution in [0.5, 0.6) is 0 Å². The van der Waals surface area contributed by atoms with Crippen LogP contribution in [0.1, 0.15) is 35.7 Å². The van der Waals surface area contributed by atoms with E-state index < -0.39 is 0 Å². The molecule has 5 heteroatoms. The van der Waals surface area contributed by atoms with E-state index in [1.54, 1.807) is 24.3 Å². The molecule has 3 amide bonds. The normalized spacial score (nSPS) is 21.3. The summed E-state index contributed by atoms with van der Waals surface area (Å²) in [5, 5.41) is 2.88. The highest BCUT2D eigenvalue weighted by Crippen LogP contribution is 2.39. The van der Waals surface area contributed by atoms with E-state index in [0.29, 0.717) is 30.6 Å². The van der Waals surface area contributed by atoms with Crippen molar-refractivity contribution in [2.75, 3.05) is 4.90 Å². The van der Waals surface area contributed by atoms with E-state index in [4.69, 9.17) is 0 Å². The Hall–Kier alpha value is -3.21. The fraction of sp³-hybridized carbons (Fsp3) is 0.261. The number of nitrogens with zero attached hydrogens (tertiary/aromatic N) is 1. The van der Waals surface area contributed by atoms with Gasteiger partial charge in [-0.3, -0.25) is 19.3 Å². The monoisotopic (exact) mass is 374 g/mol. The van der Waals surface area contributed by atoms with Crippen molar-refractivity contribution >= 4 is 23.4 Å². The van der Waals surface area contributed by atoms with Gasteiger partial charge in [-0.15, -0.1) is 0 Å². The van der Waals surface area contributed by atoms with Crippen molar-refractivity contribution in [1.29, 1.82) is 0 Å². The van der Waals surface area contributed by atoms with Crippen molar-refractivity contribution in [3.8, 4) is 0 Å². The van der Waals surface area contributed by atoms with Crippen LogP contribution in [-0.4, -0.2) is 17.7 Å². The zero-order valence-corrected chi connectivity index (χ0v) is 15.7. The molecule has 1 aliphatic carbocycles. The van der Waals surface area contributed by atoms with Crippen LogP contribution in [0.3, 0.4) is 0 Å². The Morgan fingerprint density at radius 3 is 2.57 bits per heavy atom. The average molecular weight is 374 g/mol. The lowest BCUT2D eigenvalue weighted by molar-refractivity contribution is -0.122. The topological polar surface area (TPSA) is 66.5 Å². The molecule has 2 atom stereocenters. The van der Waals surface area contributed by atoms with Crippen molar-refractivity contribution < 1.29 is 14.4 Å². The van der Waals surface area contributed by atoms with Gasteiger partial charge in [0.05, 0.1) is 17.5 Å². The molecule has 0 unspecified atom stereocenters. The highest BCUT2D eigenvalue weighted by Gasteiger charge is 2.48. The number of hydrogen-bond acceptors (Lipinski definition) is 3. The third-order valence-corrected chi connectivity index (χ3v) is 5.49.